The monoisotopic (exact) mass is 307 g/mol. The van der Waals surface area contributed by atoms with Crippen LogP contribution in [0.1, 0.15) is 44.7 Å². The summed E-state index contributed by atoms with van der Waals surface area (Å²) in [5.74, 6) is 0. The molecule has 2 fully saturated rings. The van der Waals surface area contributed by atoms with Crippen LogP contribution in [0.5, 0.6) is 0 Å². The van der Waals surface area contributed by atoms with E-state index in [2.05, 4.69) is 28.9 Å². The van der Waals surface area contributed by atoms with Gasteiger partial charge in [-0.25, -0.2) is 0 Å². The van der Waals surface area contributed by atoms with E-state index in [0.717, 1.165) is 23.7 Å². The minimum atomic E-state index is 0.0316. The summed E-state index contributed by atoms with van der Waals surface area (Å²) in [5, 5.41) is 0.834. The molecule has 1 aromatic carbocycles. The van der Waals surface area contributed by atoms with Crippen molar-refractivity contribution in [3.63, 3.8) is 0 Å². The summed E-state index contributed by atoms with van der Waals surface area (Å²) < 4.78 is 0. The SMILES string of the molecule is CC(N)c1ccc(N2CC3CCCCN3CC2C)c(Cl)c1. The molecule has 3 nitrogen and oxygen atoms in total. The number of piperazine rings is 1. The number of hydrogen-bond donors (Lipinski definition) is 1. The topological polar surface area (TPSA) is 32.5 Å². The number of hydrogen-bond acceptors (Lipinski definition) is 3. The van der Waals surface area contributed by atoms with Gasteiger partial charge in [-0.3, -0.25) is 4.90 Å². The summed E-state index contributed by atoms with van der Waals surface area (Å²) in [6.45, 7) is 7.81. The zero-order valence-electron chi connectivity index (χ0n) is 13.1. The summed E-state index contributed by atoms with van der Waals surface area (Å²) in [6, 6.07) is 7.53. The Morgan fingerprint density at radius 3 is 2.81 bits per heavy atom. The molecule has 0 saturated carbocycles. The van der Waals surface area contributed by atoms with Crippen LogP contribution in [0.2, 0.25) is 5.02 Å². The first-order valence-electron chi connectivity index (χ1n) is 8.12. The quantitative estimate of drug-likeness (QED) is 0.908. The molecule has 0 amide bonds. The van der Waals surface area contributed by atoms with Crippen LogP contribution in [-0.4, -0.2) is 36.6 Å². The first-order valence-corrected chi connectivity index (χ1v) is 8.50. The van der Waals surface area contributed by atoms with Gasteiger partial charge in [-0.2, -0.15) is 0 Å². The largest absolute Gasteiger partial charge is 0.365 e. The van der Waals surface area contributed by atoms with Crippen molar-refractivity contribution in [2.75, 3.05) is 24.5 Å². The van der Waals surface area contributed by atoms with Crippen molar-refractivity contribution in [3.8, 4) is 0 Å². The van der Waals surface area contributed by atoms with E-state index in [1.54, 1.807) is 0 Å². The van der Waals surface area contributed by atoms with Crippen LogP contribution >= 0.6 is 11.6 Å². The van der Waals surface area contributed by atoms with Gasteiger partial charge < -0.3 is 10.6 Å². The summed E-state index contributed by atoms with van der Waals surface area (Å²) in [4.78, 5) is 5.15. The third-order valence-electron chi connectivity index (χ3n) is 4.99. The van der Waals surface area contributed by atoms with Crippen molar-refractivity contribution < 1.29 is 0 Å². The van der Waals surface area contributed by atoms with Crippen LogP contribution in [-0.2, 0) is 0 Å². The van der Waals surface area contributed by atoms with Crippen LogP contribution in [0, 0.1) is 0 Å². The van der Waals surface area contributed by atoms with Gasteiger partial charge in [-0.1, -0.05) is 24.1 Å². The number of nitrogens with two attached hydrogens (primary N) is 1. The molecule has 0 bridgehead atoms. The summed E-state index contributed by atoms with van der Waals surface area (Å²) in [7, 11) is 0. The predicted molar refractivity (Wildman–Crippen MR) is 90.1 cm³/mol. The Morgan fingerprint density at radius 1 is 1.29 bits per heavy atom. The van der Waals surface area contributed by atoms with Crippen molar-refractivity contribution in [1.29, 1.82) is 0 Å². The van der Waals surface area contributed by atoms with E-state index in [1.807, 2.05) is 13.0 Å². The van der Waals surface area contributed by atoms with Gasteiger partial charge in [0.25, 0.3) is 0 Å². The molecular weight excluding hydrogens is 282 g/mol. The lowest BCUT2D eigenvalue weighted by Crippen LogP contribution is -2.58. The Balaban J connectivity index is 1.82. The highest BCUT2D eigenvalue weighted by molar-refractivity contribution is 6.33. The first-order chi connectivity index (χ1) is 10.1. The van der Waals surface area contributed by atoms with Gasteiger partial charge in [-0.15, -0.1) is 0 Å². The van der Waals surface area contributed by atoms with Crippen molar-refractivity contribution in [1.82, 2.24) is 4.90 Å². The van der Waals surface area contributed by atoms with Gasteiger partial charge in [0.05, 0.1) is 10.7 Å². The van der Waals surface area contributed by atoms with E-state index in [1.165, 1.54) is 31.5 Å². The first kappa shape index (κ1) is 15.1. The van der Waals surface area contributed by atoms with Gasteiger partial charge >= 0.3 is 0 Å². The standard InChI is InChI=1S/C17H26ClN3/c1-12-10-20-8-4-3-5-15(20)11-21(12)17-7-6-14(13(2)19)9-16(17)18/h6-7,9,12-13,15H,3-5,8,10-11,19H2,1-2H3. The average Bonchev–Trinajstić information content (AvgIpc) is 2.46. The molecule has 2 saturated heterocycles. The van der Waals surface area contributed by atoms with Gasteiger partial charge in [0.1, 0.15) is 0 Å². The summed E-state index contributed by atoms with van der Waals surface area (Å²) >= 11 is 6.54. The van der Waals surface area contributed by atoms with E-state index < -0.39 is 0 Å². The predicted octanol–water partition coefficient (Wildman–Crippen LogP) is 3.42. The van der Waals surface area contributed by atoms with E-state index in [0.29, 0.717) is 12.1 Å². The minimum absolute atomic E-state index is 0.0316. The Labute approximate surface area is 133 Å². The maximum atomic E-state index is 6.54. The molecule has 116 valence electrons. The van der Waals surface area contributed by atoms with Crippen LogP contribution in [0.4, 0.5) is 5.69 Å². The van der Waals surface area contributed by atoms with Crippen molar-refractivity contribution in [2.45, 2.75) is 51.2 Å². The Morgan fingerprint density at radius 2 is 2.10 bits per heavy atom. The zero-order chi connectivity index (χ0) is 15.0. The minimum Gasteiger partial charge on any atom is -0.365 e. The highest BCUT2D eigenvalue weighted by Crippen LogP contribution is 2.33. The Hall–Kier alpha value is -0.770. The van der Waals surface area contributed by atoms with Gasteiger partial charge in [0.2, 0.25) is 0 Å². The smallest absolute Gasteiger partial charge is 0.0643 e. The Kier molecular flexibility index (Phi) is 4.43. The number of piperidine rings is 1. The second-order valence-electron chi connectivity index (χ2n) is 6.65. The molecule has 2 aliphatic rings. The molecular formula is C17H26ClN3. The van der Waals surface area contributed by atoms with Crippen LogP contribution in [0.3, 0.4) is 0 Å². The van der Waals surface area contributed by atoms with Gasteiger partial charge in [0, 0.05) is 31.2 Å². The number of nitrogens with zero attached hydrogens (tertiary/aromatic N) is 2. The maximum Gasteiger partial charge on any atom is 0.0643 e. The molecule has 0 spiro atoms. The molecule has 2 aliphatic heterocycles. The molecule has 4 heteroatoms. The number of anilines is 1. The fourth-order valence-electron chi connectivity index (χ4n) is 3.73. The van der Waals surface area contributed by atoms with E-state index in [-0.39, 0.29) is 6.04 Å². The highest BCUT2D eigenvalue weighted by Gasteiger charge is 2.33. The molecule has 0 aromatic heterocycles. The van der Waals surface area contributed by atoms with Gasteiger partial charge in [0.15, 0.2) is 0 Å². The van der Waals surface area contributed by atoms with E-state index in [4.69, 9.17) is 17.3 Å². The maximum absolute atomic E-state index is 6.54. The van der Waals surface area contributed by atoms with Crippen LogP contribution in [0.25, 0.3) is 0 Å². The molecule has 2 N–H and O–H groups in total. The Bertz CT molecular complexity index is 503. The number of benzene rings is 1. The zero-order valence-corrected chi connectivity index (χ0v) is 13.8. The van der Waals surface area contributed by atoms with E-state index >= 15 is 0 Å². The lowest BCUT2D eigenvalue weighted by atomic mass is 9.96. The van der Waals surface area contributed by atoms with Crippen LogP contribution in [0.15, 0.2) is 18.2 Å². The molecule has 1 aromatic rings. The third-order valence-corrected chi connectivity index (χ3v) is 5.30. The molecule has 3 atom stereocenters. The van der Waals surface area contributed by atoms with Crippen LogP contribution < -0.4 is 10.6 Å². The number of halogens is 1. The summed E-state index contributed by atoms with van der Waals surface area (Å²) in [6.07, 6.45) is 4.03. The lowest BCUT2D eigenvalue weighted by Gasteiger charge is -2.48. The second kappa shape index (κ2) is 6.15. The number of fused-ring (bicyclic) bond motifs is 1. The van der Waals surface area contributed by atoms with Crippen molar-refractivity contribution >= 4 is 17.3 Å². The average molecular weight is 308 g/mol. The van der Waals surface area contributed by atoms with Gasteiger partial charge in [-0.05, 0) is 50.9 Å². The molecule has 3 unspecified atom stereocenters. The molecule has 3 rings (SSSR count). The number of rotatable bonds is 2. The second-order valence-corrected chi connectivity index (χ2v) is 7.05. The van der Waals surface area contributed by atoms with Crippen molar-refractivity contribution in [2.24, 2.45) is 5.73 Å². The molecule has 0 aliphatic carbocycles. The fraction of sp³-hybridized carbons (Fsp3) is 0.647. The summed E-state index contributed by atoms with van der Waals surface area (Å²) in [5.41, 5.74) is 8.22. The lowest BCUT2D eigenvalue weighted by molar-refractivity contribution is 0.115. The molecule has 2 heterocycles. The van der Waals surface area contributed by atoms with E-state index in [9.17, 15) is 0 Å². The fourth-order valence-corrected chi connectivity index (χ4v) is 4.02. The van der Waals surface area contributed by atoms with Crippen molar-refractivity contribution in [3.05, 3.63) is 28.8 Å². The molecule has 0 radical (unpaired) electrons. The molecule has 21 heavy (non-hydrogen) atoms. The third kappa shape index (κ3) is 3.05. The highest BCUT2D eigenvalue weighted by atomic mass is 35.5. The normalized spacial score (nSPS) is 28.3.